The highest BCUT2D eigenvalue weighted by molar-refractivity contribution is 7.99. The Morgan fingerprint density at radius 1 is 1.33 bits per heavy atom. The summed E-state index contributed by atoms with van der Waals surface area (Å²) in [4.78, 5) is 1.22. The fourth-order valence-corrected chi connectivity index (χ4v) is 1.52. The highest BCUT2D eigenvalue weighted by Crippen LogP contribution is 2.17. The van der Waals surface area contributed by atoms with Crippen LogP contribution in [0.15, 0.2) is 35.2 Å². The van der Waals surface area contributed by atoms with Crippen LogP contribution in [0.2, 0.25) is 0 Å². The molecule has 1 nitrogen and oxygen atoms in total. The van der Waals surface area contributed by atoms with Gasteiger partial charge in [-0.25, -0.2) is 0 Å². The average Bonchev–Trinajstić information content (AvgIpc) is 2.03. The quantitative estimate of drug-likeness (QED) is 0.759. The fraction of sp³-hybridized carbons (Fsp3) is 0.333. The zero-order valence-electron chi connectivity index (χ0n) is 7.03. The molecule has 12 heavy (non-hydrogen) atoms. The van der Waals surface area contributed by atoms with Gasteiger partial charge < -0.3 is 5.11 Å². The third-order valence-corrected chi connectivity index (χ3v) is 2.49. The van der Waals surface area contributed by atoms with E-state index in [0.717, 1.165) is 5.75 Å². The zero-order valence-corrected chi connectivity index (χ0v) is 8.84. The van der Waals surface area contributed by atoms with Crippen LogP contribution in [0.5, 0.6) is 0 Å². The van der Waals surface area contributed by atoms with Gasteiger partial charge in [0.15, 0.2) is 0 Å². The zero-order chi connectivity index (χ0) is 8.10. The first-order chi connectivity index (χ1) is 5.29. The number of hydrogen-bond donors (Lipinski definition) is 1. The summed E-state index contributed by atoms with van der Waals surface area (Å²) in [7, 11) is 0. The first kappa shape index (κ1) is 11.9. The van der Waals surface area contributed by atoms with Crippen LogP contribution in [0.1, 0.15) is 6.92 Å². The van der Waals surface area contributed by atoms with Crippen LogP contribution >= 0.6 is 25.3 Å². The summed E-state index contributed by atoms with van der Waals surface area (Å²) in [6, 6.07) is 10.1. The van der Waals surface area contributed by atoms with Gasteiger partial charge in [-0.1, -0.05) is 18.2 Å². The van der Waals surface area contributed by atoms with E-state index in [4.69, 9.17) is 5.11 Å². The van der Waals surface area contributed by atoms with Gasteiger partial charge in [0.25, 0.3) is 0 Å². The summed E-state index contributed by atoms with van der Waals surface area (Å²) in [5.41, 5.74) is 0. The van der Waals surface area contributed by atoms with Gasteiger partial charge in [-0.2, -0.15) is 13.5 Å². The molecule has 0 spiro atoms. The number of benzene rings is 1. The van der Waals surface area contributed by atoms with Gasteiger partial charge in [0.05, 0.1) is 6.10 Å². The number of aliphatic hydroxyl groups excluding tert-OH is 1. The third-order valence-electron chi connectivity index (χ3n) is 1.23. The molecule has 1 aromatic carbocycles. The van der Waals surface area contributed by atoms with Gasteiger partial charge in [0.1, 0.15) is 0 Å². The van der Waals surface area contributed by atoms with Gasteiger partial charge in [-0.15, -0.1) is 11.8 Å². The van der Waals surface area contributed by atoms with E-state index in [1.165, 1.54) is 4.90 Å². The maximum absolute atomic E-state index is 8.99. The van der Waals surface area contributed by atoms with E-state index in [0.29, 0.717) is 0 Å². The molecule has 0 aliphatic rings. The Balaban J connectivity index is 0.00000121. The normalized spacial score (nSPS) is 11.8. The van der Waals surface area contributed by atoms with Crippen LogP contribution in [-0.4, -0.2) is 17.0 Å². The highest BCUT2D eigenvalue weighted by Gasteiger charge is 1.96. The van der Waals surface area contributed by atoms with E-state index >= 15 is 0 Å². The highest BCUT2D eigenvalue weighted by atomic mass is 32.2. The minimum absolute atomic E-state index is 0. The van der Waals surface area contributed by atoms with Gasteiger partial charge >= 0.3 is 0 Å². The molecule has 0 radical (unpaired) electrons. The lowest BCUT2D eigenvalue weighted by Gasteiger charge is -2.02. The molecule has 0 saturated carbocycles. The van der Waals surface area contributed by atoms with E-state index in [1.807, 2.05) is 30.3 Å². The first-order valence-corrected chi connectivity index (χ1v) is 4.63. The van der Waals surface area contributed by atoms with E-state index in [2.05, 4.69) is 0 Å². The first-order valence-electron chi connectivity index (χ1n) is 3.65. The van der Waals surface area contributed by atoms with Crippen LogP contribution in [0, 0.1) is 0 Å². The van der Waals surface area contributed by atoms with Crippen molar-refractivity contribution in [3.63, 3.8) is 0 Å². The Labute approximate surface area is 84.6 Å². The molecule has 0 aliphatic carbocycles. The molecule has 0 aromatic heterocycles. The van der Waals surface area contributed by atoms with E-state index in [-0.39, 0.29) is 19.6 Å². The predicted molar refractivity (Wildman–Crippen MR) is 59.2 cm³/mol. The van der Waals surface area contributed by atoms with Crippen LogP contribution in [0.25, 0.3) is 0 Å². The second-order valence-corrected chi connectivity index (χ2v) is 3.57. The standard InChI is InChI=1S/C9H12OS.H2S/c1-8(10)7-11-9-5-3-2-4-6-9;/h2-6,8,10H,7H2,1H3;1H2. The lowest BCUT2D eigenvalue weighted by atomic mass is 10.4. The minimum atomic E-state index is -0.222. The van der Waals surface area contributed by atoms with Gasteiger partial charge in [-0.05, 0) is 19.1 Å². The predicted octanol–water partition coefficient (Wildman–Crippen LogP) is 2.27. The Bertz CT molecular complexity index is 199. The second kappa shape index (κ2) is 6.40. The number of hydrogen-bond acceptors (Lipinski definition) is 2. The summed E-state index contributed by atoms with van der Waals surface area (Å²) in [6.07, 6.45) is -0.222. The summed E-state index contributed by atoms with van der Waals surface area (Å²) in [5, 5.41) is 8.99. The van der Waals surface area contributed by atoms with Gasteiger partial charge in [0, 0.05) is 10.6 Å². The van der Waals surface area contributed by atoms with Crippen molar-refractivity contribution in [3.8, 4) is 0 Å². The fourth-order valence-electron chi connectivity index (χ4n) is 0.734. The summed E-state index contributed by atoms with van der Waals surface area (Å²) >= 11 is 1.68. The number of thioether (sulfide) groups is 1. The van der Waals surface area contributed by atoms with Crippen molar-refractivity contribution in [2.75, 3.05) is 5.75 Å². The molecule has 1 unspecified atom stereocenters. The van der Waals surface area contributed by atoms with Crippen molar-refractivity contribution in [3.05, 3.63) is 30.3 Å². The van der Waals surface area contributed by atoms with Crippen molar-refractivity contribution in [1.82, 2.24) is 0 Å². The SMILES string of the molecule is CC(O)CSc1ccccc1.S. The molecule has 68 valence electrons. The summed E-state index contributed by atoms with van der Waals surface area (Å²) in [5.74, 6) is 0.768. The molecular formula is C9H14OS2. The molecule has 0 aliphatic heterocycles. The summed E-state index contributed by atoms with van der Waals surface area (Å²) in [6.45, 7) is 1.80. The monoisotopic (exact) mass is 202 g/mol. The van der Waals surface area contributed by atoms with Crippen molar-refractivity contribution in [2.45, 2.75) is 17.9 Å². The van der Waals surface area contributed by atoms with Gasteiger partial charge in [0.2, 0.25) is 0 Å². The van der Waals surface area contributed by atoms with Crippen molar-refractivity contribution < 1.29 is 5.11 Å². The number of aliphatic hydroxyl groups is 1. The Morgan fingerprint density at radius 2 is 1.92 bits per heavy atom. The molecule has 1 rings (SSSR count). The minimum Gasteiger partial charge on any atom is -0.393 e. The summed E-state index contributed by atoms with van der Waals surface area (Å²) < 4.78 is 0. The van der Waals surface area contributed by atoms with Crippen LogP contribution in [0.3, 0.4) is 0 Å². The average molecular weight is 202 g/mol. The van der Waals surface area contributed by atoms with Crippen LogP contribution in [-0.2, 0) is 0 Å². The lowest BCUT2D eigenvalue weighted by Crippen LogP contribution is -2.01. The molecule has 0 fully saturated rings. The van der Waals surface area contributed by atoms with E-state index in [9.17, 15) is 0 Å². The van der Waals surface area contributed by atoms with E-state index in [1.54, 1.807) is 18.7 Å². The lowest BCUT2D eigenvalue weighted by molar-refractivity contribution is 0.220. The molecule has 0 amide bonds. The Kier molecular flexibility index (Phi) is 6.34. The number of rotatable bonds is 3. The van der Waals surface area contributed by atoms with Crippen LogP contribution in [0.4, 0.5) is 0 Å². The maximum Gasteiger partial charge on any atom is 0.0606 e. The topological polar surface area (TPSA) is 20.2 Å². The molecule has 0 heterocycles. The molecule has 1 aromatic rings. The molecular weight excluding hydrogens is 188 g/mol. The third kappa shape index (κ3) is 4.70. The second-order valence-electron chi connectivity index (χ2n) is 2.47. The molecule has 0 saturated heterocycles. The molecule has 3 heteroatoms. The molecule has 1 atom stereocenters. The van der Waals surface area contributed by atoms with E-state index < -0.39 is 0 Å². The maximum atomic E-state index is 8.99. The molecule has 1 N–H and O–H groups in total. The van der Waals surface area contributed by atoms with Crippen molar-refractivity contribution in [1.29, 1.82) is 0 Å². The molecule has 0 bridgehead atoms. The van der Waals surface area contributed by atoms with Gasteiger partial charge in [-0.3, -0.25) is 0 Å². The van der Waals surface area contributed by atoms with Crippen LogP contribution < -0.4 is 0 Å². The Morgan fingerprint density at radius 3 is 2.42 bits per heavy atom. The van der Waals surface area contributed by atoms with Crippen molar-refractivity contribution >= 4 is 25.3 Å². The smallest absolute Gasteiger partial charge is 0.0606 e. The Hall–Kier alpha value is -0.120. The van der Waals surface area contributed by atoms with Crippen molar-refractivity contribution in [2.24, 2.45) is 0 Å². The largest absolute Gasteiger partial charge is 0.393 e.